The van der Waals surface area contributed by atoms with E-state index in [2.05, 4.69) is 17.2 Å². The molecule has 1 aliphatic rings. The molecule has 0 spiro atoms. The fraction of sp³-hybridized carbons (Fsp3) is 0.455. The number of hydrogen-bond acceptors (Lipinski definition) is 5. The van der Waals surface area contributed by atoms with Crippen molar-refractivity contribution in [3.63, 3.8) is 0 Å². The normalized spacial score (nSPS) is 15.7. The Kier molecular flexibility index (Phi) is 6.77. The van der Waals surface area contributed by atoms with Gasteiger partial charge in [0, 0.05) is 37.5 Å². The zero-order valence-electron chi connectivity index (χ0n) is 17.9. The Bertz CT molecular complexity index is 1030. The van der Waals surface area contributed by atoms with Gasteiger partial charge >= 0.3 is 0 Å². The molecule has 3 rings (SSSR count). The van der Waals surface area contributed by atoms with Crippen LogP contribution in [0, 0.1) is 19.8 Å². The van der Waals surface area contributed by atoms with E-state index >= 15 is 0 Å². The smallest absolute Gasteiger partial charge is 0.251 e. The molecule has 0 radical (unpaired) electrons. The van der Waals surface area contributed by atoms with Crippen molar-refractivity contribution in [1.29, 1.82) is 0 Å². The number of methoxy groups -OCH3 is 1. The highest BCUT2D eigenvalue weighted by atomic mass is 32.2. The number of piperidine rings is 1. The van der Waals surface area contributed by atoms with Crippen molar-refractivity contribution < 1.29 is 17.9 Å². The third-order valence-corrected chi connectivity index (χ3v) is 7.73. The van der Waals surface area contributed by atoms with Gasteiger partial charge < -0.3 is 10.1 Å². The molecule has 2 heterocycles. The molecule has 30 heavy (non-hydrogen) atoms. The van der Waals surface area contributed by atoms with Gasteiger partial charge in [-0.3, -0.25) is 4.79 Å². The first-order valence-corrected chi connectivity index (χ1v) is 11.5. The minimum Gasteiger partial charge on any atom is -0.481 e. The molecule has 162 valence electrons. The Balaban J connectivity index is 1.82. The van der Waals surface area contributed by atoms with E-state index in [1.165, 1.54) is 13.2 Å². The first kappa shape index (κ1) is 22.2. The van der Waals surface area contributed by atoms with Gasteiger partial charge in [-0.25, -0.2) is 13.4 Å². The van der Waals surface area contributed by atoms with Crippen molar-refractivity contribution in [2.45, 2.75) is 45.1 Å². The van der Waals surface area contributed by atoms with Gasteiger partial charge in [0.15, 0.2) is 0 Å². The maximum atomic E-state index is 13.3. The summed E-state index contributed by atoms with van der Waals surface area (Å²) in [6, 6.07) is 6.76. The number of amides is 1. The lowest BCUT2D eigenvalue weighted by Gasteiger charge is -2.30. The molecule has 1 aromatic carbocycles. The fourth-order valence-corrected chi connectivity index (χ4v) is 5.34. The second kappa shape index (κ2) is 9.14. The highest BCUT2D eigenvalue weighted by molar-refractivity contribution is 7.89. The van der Waals surface area contributed by atoms with E-state index in [0.29, 0.717) is 36.0 Å². The van der Waals surface area contributed by atoms with Crippen LogP contribution in [-0.2, 0) is 16.6 Å². The van der Waals surface area contributed by atoms with Gasteiger partial charge in [0.25, 0.3) is 5.91 Å². The van der Waals surface area contributed by atoms with Crippen molar-refractivity contribution in [3.05, 3.63) is 52.7 Å². The van der Waals surface area contributed by atoms with Crippen molar-refractivity contribution in [2.75, 3.05) is 20.2 Å². The van der Waals surface area contributed by atoms with Gasteiger partial charge in [0.2, 0.25) is 15.9 Å². The molecular formula is C22H29N3O4S. The van der Waals surface area contributed by atoms with Gasteiger partial charge in [-0.05, 0) is 67.5 Å². The molecule has 0 unspecified atom stereocenters. The maximum absolute atomic E-state index is 13.3. The topological polar surface area (TPSA) is 88.6 Å². The fourth-order valence-electron chi connectivity index (χ4n) is 3.55. The average Bonchev–Trinajstić information content (AvgIpc) is 2.74. The predicted molar refractivity (Wildman–Crippen MR) is 115 cm³/mol. The first-order chi connectivity index (χ1) is 14.2. The number of carbonyl (C=O) groups excluding carboxylic acids is 1. The number of carbonyl (C=O) groups is 1. The Labute approximate surface area is 178 Å². The summed E-state index contributed by atoms with van der Waals surface area (Å²) in [5.41, 5.74) is 2.64. The Hall–Kier alpha value is -2.45. The van der Waals surface area contributed by atoms with E-state index < -0.39 is 10.0 Å². The lowest BCUT2D eigenvalue weighted by molar-refractivity contribution is 0.0950. The number of benzene rings is 1. The number of pyridine rings is 1. The quantitative estimate of drug-likeness (QED) is 0.759. The van der Waals surface area contributed by atoms with Crippen LogP contribution in [0.1, 0.15) is 46.8 Å². The van der Waals surface area contributed by atoms with E-state index in [0.717, 1.165) is 24.0 Å². The number of hydrogen-bond donors (Lipinski definition) is 1. The molecule has 1 N–H and O–H groups in total. The van der Waals surface area contributed by atoms with E-state index in [4.69, 9.17) is 4.74 Å². The molecule has 0 aliphatic carbocycles. The Morgan fingerprint density at radius 2 is 1.93 bits per heavy atom. The molecule has 0 atom stereocenters. The van der Waals surface area contributed by atoms with Crippen LogP contribution in [0.25, 0.3) is 0 Å². The number of sulfonamides is 1. The standard InChI is InChI=1S/C22H29N3O4S/c1-15-6-9-25(10-7-15)30(27,28)20-13-19(11-16(2)17(20)3)22(26)24-14-18-5-8-23-21(12-18)29-4/h5,8,11-13,15H,6-7,9-10,14H2,1-4H3,(H,24,26). The Morgan fingerprint density at radius 1 is 1.23 bits per heavy atom. The lowest BCUT2D eigenvalue weighted by atomic mass is 10.0. The van der Waals surface area contributed by atoms with Gasteiger partial charge in [0.1, 0.15) is 0 Å². The summed E-state index contributed by atoms with van der Waals surface area (Å²) in [5.74, 6) is 0.679. The first-order valence-electron chi connectivity index (χ1n) is 10.1. The van der Waals surface area contributed by atoms with Crippen LogP contribution in [0.4, 0.5) is 0 Å². The van der Waals surface area contributed by atoms with E-state index in [1.54, 1.807) is 35.6 Å². The molecule has 0 bridgehead atoms. The molecule has 7 nitrogen and oxygen atoms in total. The SMILES string of the molecule is COc1cc(CNC(=O)c2cc(C)c(C)c(S(=O)(=O)N3CCC(C)CC3)c2)ccn1. The zero-order valence-corrected chi connectivity index (χ0v) is 18.8. The van der Waals surface area contributed by atoms with Gasteiger partial charge in [-0.1, -0.05) is 6.92 Å². The van der Waals surface area contributed by atoms with Gasteiger partial charge in [0.05, 0.1) is 12.0 Å². The molecule has 2 aromatic rings. The summed E-state index contributed by atoms with van der Waals surface area (Å²) >= 11 is 0. The molecule has 1 aliphatic heterocycles. The highest BCUT2D eigenvalue weighted by Crippen LogP contribution is 2.28. The van der Waals surface area contributed by atoms with Crippen molar-refractivity contribution in [1.82, 2.24) is 14.6 Å². The van der Waals surface area contributed by atoms with Crippen LogP contribution in [0.2, 0.25) is 0 Å². The molecule has 1 aromatic heterocycles. The minimum atomic E-state index is -3.64. The summed E-state index contributed by atoms with van der Waals surface area (Å²) in [4.78, 5) is 17.0. The monoisotopic (exact) mass is 431 g/mol. The number of nitrogens with zero attached hydrogens (tertiary/aromatic N) is 2. The van der Waals surface area contributed by atoms with Crippen LogP contribution in [0.15, 0.2) is 35.4 Å². The summed E-state index contributed by atoms with van der Waals surface area (Å²) in [7, 11) is -2.11. The average molecular weight is 432 g/mol. The number of aromatic nitrogens is 1. The number of rotatable bonds is 6. The molecule has 1 fully saturated rings. The molecule has 1 saturated heterocycles. The third-order valence-electron chi connectivity index (χ3n) is 5.70. The molecule has 0 saturated carbocycles. The van der Waals surface area contributed by atoms with Crippen LogP contribution in [0.5, 0.6) is 5.88 Å². The number of ether oxygens (including phenoxy) is 1. The van der Waals surface area contributed by atoms with Crippen molar-refractivity contribution in [2.24, 2.45) is 5.92 Å². The lowest BCUT2D eigenvalue weighted by Crippen LogP contribution is -2.38. The van der Waals surface area contributed by atoms with Gasteiger partial charge in [-0.2, -0.15) is 4.31 Å². The largest absolute Gasteiger partial charge is 0.481 e. The van der Waals surface area contributed by atoms with Gasteiger partial charge in [-0.15, -0.1) is 0 Å². The molecular weight excluding hydrogens is 402 g/mol. The summed E-state index contributed by atoms with van der Waals surface area (Å²) in [6.07, 6.45) is 3.32. The van der Waals surface area contributed by atoms with E-state index in [1.807, 2.05) is 6.92 Å². The maximum Gasteiger partial charge on any atom is 0.251 e. The summed E-state index contributed by atoms with van der Waals surface area (Å²) < 4.78 is 33.2. The summed E-state index contributed by atoms with van der Waals surface area (Å²) in [6.45, 7) is 7.08. The second-order valence-electron chi connectivity index (χ2n) is 7.89. The zero-order chi connectivity index (χ0) is 21.9. The van der Waals surface area contributed by atoms with Crippen LogP contribution in [0.3, 0.4) is 0 Å². The van der Waals surface area contributed by atoms with Crippen LogP contribution < -0.4 is 10.1 Å². The minimum absolute atomic E-state index is 0.216. The van der Waals surface area contributed by atoms with Crippen molar-refractivity contribution in [3.8, 4) is 5.88 Å². The summed E-state index contributed by atoms with van der Waals surface area (Å²) in [5, 5.41) is 2.85. The number of aryl methyl sites for hydroxylation is 1. The van der Waals surface area contributed by atoms with E-state index in [9.17, 15) is 13.2 Å². The highest BCUT2D eigenvalue weighted by Gasteiger charge is 2.30. The molecule has 1 amide bonds. The van der Waals surface area contributed by atoms with Crippen LogP contribution >= 0.6 is 0 Å². The van der Waals surface area contributed by atoms with Crippen LogP contribution in [-0.4, -0.2) is 43.8 Å². The number of nitrogens with one attached hydrogen (secondary N) is 1. The van der Waals surface area contributed by atoms with Crippen molar-refractivity contribution >= 4 is 15.9 Å². The third kappa shape index (κ3) is 4.82. The second-order valence-corrected chi connectivity index (χ2v) is 9.80. The molecule has 8 heteroatoms. The predicted octanol–water partition coefficient (Wildman–Crippen LogP) is 3.06. The van der Waals surface area contributed by atoms with E-state index in [-0.39, 0.29) is 17.3 Å². The Morgan fingerprint density at radius 3 is 2.60 bits per heavy atom.